The van der Waals surface area contributed by atoms with Crippen molar-refractivity contribution in [1.82, 2.24) is 4.90 Å². The molecular formula is C17H23N3OS. The van der Waals surface area contributed by atoms with E-state index in [0.29, 0.717) is 11.4 Å². The zero-order valence-electron chi connectivity index (χ0n) is 13.1. The zero-order valence-corrected chi connectivity index (χ0v) is 13.9. The van der Waals surface area contributed by atoms with Gasteiger partial charge in [-0.3, -0.25) is 0 Å². The monoisotopic (exact) mass is 317 g/mol. The fourth-order valence-corrected chi connectivity index (χ4v) is 2.87. The number of rotatable bonds is 7. The van der Waals surface area contributed by atoms with Gasteiger partial charge in [-0.2, -0.15) is 0 Å². The average Bonchev–Trinajstić information content (AvgIpc) is 2.48. The second-order valence-electron chi connectivity index (χ2n) is 5.37. The van der Waals surface area contributed by atoms with Crippen LogP contribution in [0.4, 0.5) is 11.4 Å². The maximum Gasteiger partial charge on any atom is 0.120 e. The van der Waals surface area contributed by atoms with Crippen molar-refractivity contribution in [3.05, 3.63) is 42.5 Å². The second-order valence-corrected chi connectivity index (χ2v) is 6.52. The van der Waals surface area contributed by atoms with Gasteiger partial charge in [0.1, 0.15) is 5.75 Å². The molecule has 0 aromatic heterocycles. The molecule has 0 unspecified atom stereocenters. The number of nitrogens with zero attached hydrogens (tertiary/aromatic N) is 1. The lowest BCUT2D eigenvalue weighted by molar-refractivity contribution is 0.281. The fourth-order valence-electron chi connectivity index (χ4n) is 1.95. The third kappa shape index (κ3) is 5.16. The number of ether oxygens (including phenoxy) is 1. The summed E-state index contributed by atoms with van der Waals surface area (Å²) in [6.45, 7) is 1.75. The SMILES string of the molecule is CN(C)CCCOc1cccc(Sc2ccc(N)c(N)c2)c1. The fraction of sp³-hybridized carbons (Fsp3) is 0.294. The van der Waals surface area contributed by atoms with E-state index in [9.17, 15) is 0 Å². The van der Waals surface area contributed by atoms with Crippen LogP contribution in [-0.4, -0.2) is 32.1 Å². The Morgan fingerprint density at radius 2 is 1.77 bits per heavy atom. The highest BCUT2D eigenvalue weighted by Crippen LogP contribution is 2.32. The predicted octanol–water partition coefficient (Wildman–Crippen LogP) is 3.33. The summed E-state index contributed by atoms with van der Waals surface area (Å²) >= 11 is 1.64. The van der Waals surface area contributed by atoms with E-state index in [1.807, 2.05) is 36.4 Å². The highest BCUT2D eigenvalue weighted by atomic mass is 32.2. The minimum absolute atomic E-state index is 0.612. The molecular weight excluding hydrogens is 294 g/mol. The number of hydrogen-bond acceptors (Lipinski definition) is 5. The van der Waals surface area contributed by atoms with Crippen molar-refractivity contribution in [1.29, 1.82) is 0 Å². The first-order valence-corrected chi connectivity index (χ1v) is 8.06. The molecule has 22 heavy (non-hydrogen) atoms. The molecule has 5 heteroatoms. The summed E-state index contributed by atoms with van der Waals surface area (Å²) in [5.41, 5.74) is 12.8. The van der Waals surface area contributed by atoms with Crippen LogP contribution in [0, 0.1) is 0 Å². The second kappa shape index (κ2) is 7.96. The zero-order chi connectivity index (χ0) is 15.9. The van der Waals surface area contributed by atoms with Crippen molar-refractivity contribution in [2.24, 2.45) is 0 Å². The van der Waals surface area contributed by atoms with E-state index in [-0.39, 0.29) is 0 Å². The van der Waals surface area contributed by atoms with Crippen LogP contribution in [0.3, 0.4) is 0 Å². The van der Waals surface area contributed by atoms with Crippen molar-refractivity contribution >= 4 is 23.1 Å². The summed E-state index contributed by atoms with van der Waals surface area (Å²) in [5.74, 6) is 0.896. The number of nitrogens with two attached hydrogens (primary N) is 2. The van der Waals surface area contributed by atoms with Crippen LogP contribution in [0.15, 0.2) is 52.3 Å². The van der Waals surface area contributed by atoms with Crippen LogP contribution >= 0.6 is 11.8 Å². The quantitative estimate of drug-likeness (QED) is 0.606. The van der Waals surface area contributed by atoms with E-state index in [0.717, 1.165) is 35.1 Å². The lowest BCUT2D eigenvalue weighted by Crippen LogP contribution is -2.15. The molecule has 0 bridgehead atoms. The lowest BCUT2D eigenvalue weighted by atomic mass is 10.3. The minimum Gasteiger partial charge on any atom is -0.494 e. The van der Waals surface area contributed by atoms with Crippen LogP contribution in [0.25, 0.3) is 0 Å². The molecule has 0 spiro atoms. The Balaban J connectivity index is 1.94. The van der Waals surface area contributed by atoms with Gasteiger partial charge in [-0.15, -0.1) is 0 Å². The third-order valence-electron chi connectivity index (χ3n) is 3.12. The van der Waals surface area contributed by atoms with E-state index in [4.69, 9.17) is 16.2 Å². The van der Waals surface area contributed by atoms with E-state index in [2.05, 4.69) is 25.1 Å². The van der Waals surface area contributed by atoms with Crippen LogP contribution in [0.2, 0.25) is 0 Å². The van der Waals surface area contributed by atoms with Gasteiger partial charge in [0.25, 0.3) is 0 Å². The lowest BCUT2D eigenvalue weighted by Gasteiger charge is -2.11. The highest BCUT2D eigenvalue weighted by Gasteiger charge is 2.02. The number of hydrogen-bond donors (Lipinski definition) is 2. The molecule has 0 atom stereocenters. The van der Waals surface area contributed by atoms with Gasteiger partial charge < -0.3 is 21.1 Å². The molecule has 4 N–H and O–H groups in total. The first kappa shape index (κ1) is 16.5. The van der Waals surface area contributed by atoms with E-state index >= 15 is 0 Å². The Morgan fingerprint density at radius 3 is 2.50 bits per heavy atom. The Kier molecular flexibility index (Phi) is 5.98. The van der Waals surface area contributed by atoms with E-state index in [1.54, 1.807) is 11.8 Å². The number of benzene rings is 2. The molecule has 0 saturated heterocycles. The Bertz CT molecular complexity index is 617. The molecule has 0 aliphatic carbocycles. The standard InChI is InChI=1S/C17H23N3OS/c1-20(2)9-4-10-21-13-5-3-6-14(11-13)22-15-7-8-16(18)17(19)12-15/h3,5-8,11-12H,4,9-10,18-19H2,1-2H3. The third-order valence-corrected chi connectivity index (χ3v) is 4.10. The molecule has 4 nitrogen and oxygen atoms in total. The minimum atomic E-state index is 0.612. The summed E-state index contributed by atoms with van der Waals surface area (Å²) in [6, 6.07) is 13.8. The van der Waals surface area contributed by atoms with Gasteiger partial charge >= 0.3 is 0 Å². The molecule has 0 heterocycles. The Hall–Kier alpha value is -1.85. The van der Waals surface area contributed by atoms with E-state index in [1.165, 1.54) is 0 Å². The Morgan fingerprint density at radius 1 is 1.00 bits per heavy atom. The van der Waals surface area contributed by atoms with Crippen molar-refractivity contribution in [3.63, 3.8) is 0 Å². The number of anilines is 2. The van der Waals surface area contributed by atoms with Gasteiger partial charge in [-0.1, -0.05) is 17.8 Å². The molecule has 2 aromatic rings. The molecule has 0 aliphatic rings. The molecule has 0 fully saturated rings. The van der Waals surface area contributed by atoms with E-state index < -0.39 is 0 Å². The van der Waals surface area contributed by atoms with Crippen LogP contribution in [-0.2, 0) is 0 Å². The predicted molar refractivity (Wildman–Crippen MR) is 94.5 cm³/mol. The topological polar surface area (TPSA) is 64.5 Å². The molecule has 2 rings (SSSR count). The average molecular weight is 317 g/mol. The van der Waals surface area contributed by atoms with Crippen molar-refractivity contribution in [2.75, 3.05) is 38.7 Å². The van der Waals surface area contributed by atoms with Crippen LogP contribution in [0.1, 0.15) is 6.42 Å². The normalized spacial score (nSPS) is 10.9. The molecule has 118 valence electrons. The van der Waals surface area contributed by atoms with Gasteiger partial charge in [0.05, 0.1) is 18.0 Å². The summed E-state index contributed by atoms with van der Waals surface area (Å²) in [5, 5.41) is 0. The van der Waals surface area contributed by atoms with Gasteiger partial charge in [-0.05, 0) is 56.9 Å². The van der Waals surface area contributed by atoms with Crippen molar-refractivity contribution in [3.8, 4) is 5.75 Å². The summed E-state index contributed by atoms with van der Waals surface area (Å²) < 4.78 is 5.79. The summed E-state index contributed by atoms with van der Waals surface area (Å²) in [7, 11) is 4.13. The van der Waals surface area contributed by atoms with Gasteiger partial charge in [0, 0.05) is 16.3 Å². The first-order chi connectivity index (χ1) is 10.5. The molecule has 0 amide bonds. The first-order valence-electron chi connectivity index (χ1n) is 7.25. The largest absolute Gasteiger partial charge is 0.494 e. The maximum atomic E-state index is 5.84. The Labute approximate surface area is 136 Å². The number of nitrogen functional groups attached to an aromatic ring is 2. The smallest absolute Gasteiger partial charge is 0.120 e. The van der Waals surface area contributed by atoms with Gasteiger partial charge in [0.2, 0.25) is 0 Å². The van der Waals surface area contributed by atoms with Crippen LogP contribution < -0.4 is 16.2 Å². The summed E-state index contributed by atoms with van der Waals surface area (Å²) in [6.07, 6.45) is 1.01. The van der Waals surface area contributed by atoms with Gasteiger partial charge in [0.15, 0.2) is 0 Å². The van der Waals surface area contributed by atoms with Crippen molar-refractivity contribution in [2.45, 2.75) is 16.2 Å². The van der Waals surface area contributed by atoms with Gasteiger partial charge in [-0.25, -0.2) is 0 Å². The molecule has 0 aliphatic heterocycles. The van der Waals surface area contributed by atoms with Crippen molar-refractivity contribution < 1.29 is 4.74 Å². The maximum absolute atomic E-state index is 5.84. The molecule has 0 saturated carbocycles. The summed E-state index contributed by atoms with van der Waals surface area (Å²) in [4.78, 5) is 4.34. The van der Waals surface area contributed by atoms with Crippen LogP contribution in [0.5, 0.6) is 5.75 Å². The highest BCUT2D eigenvalue weighted by molar-refractivity contribution is 7.99. The molecule has 0 radical (unpaired) electrons. The molecule has 2 aromatic carbocycles.